The lowest BCUT2D eigenvalue weighted by molar-refractivity contribution is -0.0172. The van der Waals surface area contributed by atoms with E-state index in [1.165, 1.54) is 10.8 Å². The molecule has 0 saturated carbocycles. The number of nitrogens with zero attached hydrogens (tertiary/aromatic N) is 4. The van der Waals surface area contributed by atoms with Gasteiger partial charge in [-0.2, -0.15) is 0 Å². The average molecular weight is 346 g/mol. The summed E-state index contributed by atoms with van der Waals surface area (Å²) in [7, 11) is 3.49. The Hall–Kier alpha value is -2.61. The minimum Gasteiger partial charge on any atom is -0.469 e. The van der Waals surface area contributed by atoms with Crippen molar-refractivity contribution in [1.82, 2.24) is 14.5 Å². The molecule has 3 heterocycles. The van der Waals surface area contributed by atoms with Gasteiger partial charge < -0.3 is 23.5 Å². The monoisotopic (exact) mass is 346 g/mol. The summed E-state index contributed by atoms with van der Waals surface area (Å²) in [5.74, 6) is 0.917. The molecule has 0 aliphatic carbocycles. The molecule has 1 aliphatic heterocycles. The topological polar surface area (TPSA) is 80.8 Å². The third-order valence-corrected chi connectivity index (χ3v) is 4.35. The number of hydrogen-bond acceptors (Lipinski definition) is 6. The highest BCUT2D eigenvalue weighted by atomic mass is 16.5. The van der Waals surface area contributed by atoms with Gasteiger partial charge in [-0.25, -0.2) is 4.98 Å². The number of hydrogen-bond donors (Lipinski definition) is 0. The molecule has 1 saturated heterocycles. The highest BCUT2D eigenvalue weighted by Crippen LogP contribution is 2.16. The average Bonchev–Trinajstić information content (AvgIpc) is 3.03. The Labute approximate surface area is 145 Å². The number of amides is 1. The van der Waals surface area contributed by atoms with Crippen LogP contribution in [0.5, 0.6) is 0 Å². The Balaban J connectivity index is 1.67. The largest absolute Gasteiger partial charge is 0.469 e. The van der Waals surface area contributed by atoms with Gasteiger partial charge in [-0.1, -0.05) is 0 Å². The number of carbonyl (C=O) groups excluding carboxylic acids is 1. The molecule has 1 amide bonds. The Morgan fingerprint density at radius 3 is 3.00 bits per heavy atom. The molecule has 1 aliphatic rings. The SMILES string of the molecule is Cc1occc1C(=O)N1CCOC(CN(C)c2nccn(C)c2=O)C1. The number of rotatable bonds is 4. The predicted octanol–water partition coefficient (Wildman–Crippen LogP) is 0.659. The van der Waals surface area contributed by atoms with Gasteiger partial charge in [0.05, 0.1) is 24.5 Å². The quantitative estimate of drug-likeness (QED) is 0.809. The van der Waals surface area contributed by atoms with Crippen molar-refractivity contribution in [2.75, 3.05) is 38.2 Å². The summed E-state index contributed by atoms with van der Waals surface area (Å²) >= 11 is 0. The van der Waals surface area contributed by atoms with Crippen molar-refractivity contribution < 1.29 is 13.9 Å². The first kappa shape index (κ1) is 17.2. The van der Waals surface area contributed by atoms with Crippen LogP contribution in [0.4, 0.5) is 5.82 Å². The molecule has 0 spiro atoms. The third kappa shape index (κ3) is 3.58. The van der Waals surface area contributed by atoms with Gasteiger partial charge >= 0.3 is 0 Å². The maximum absolute atomic E-state index is 12.6. The Morgan fingerprint density at radius 2 is 2.28 bits per heavy atom. The molecule has 0 bridgehead atoms. The molecule has 1 unspecified atom stereocenters. The molecule has 2 aromatic heterocycles. The fraction of sp³-hybridized carbons (Fsp3) is 0.471. The lowest BCUT2D eigenvalue weighted by atomic mass is 10.2. The number of anilines is 1. The zero-order valence-electron chi connectivity index (χ0n) is 14.6. The second kappa shape index (κ2) is 7.10. The predicted molar refractivity (Wildman–Crippen MR) is 91.8 cm³/mol. The molecule has 8 nitrogen and oxygen atoms in total. The van der Waals surface area contributed by atoms with E-state index in [-0.39, 0.29) is 17.6 Å². The summed E-state index contributed by atoms with van der Waals surface area (Å²) in [5, 5.41) is 0. The van der Waals surface area contributed by atoms with Crippen molar-refractivity contribution in [3.8, 4) is 0 Å². The molecule has 134 valence electrons. The molecular formula is C17H22N4O4. The minimum absolute atomic E-state index is 0.0593. The van der Waals surface area contributed by atoms with E-state index in [9.17, 15) is 9.59 Å². The van der Waals surface area contributed by atoms with Gasteiger partial charge in [0.15, 0.2) is 5.82 Å². The van der Waals surface area contributed by atoms with E-state index in [0.29, 0.717) is 43.4 Å². The van der Waals surface area contributed by atoms with E-state index >= 15 is 0 Å². The fourth-order valence-corrected chi connectivity index (χ4v) is 2.93. The Bertz CT molecular complexity index is 813. The number of carbonyl (C=O) groups is 1. The molecule has 25 heavy (non-hydrogen) atoms. The summed E-state index contributed by atoms with van der Waals surface area (Å²) in [6.45, 7) is 3.70. The first-order valence-electron chi connectivity index (χ1n) is 8.15. The van der Waals surface area contributed by atoms with Gasteiger partial charge in [-0.15, -0.1) is 0 Å². The number of ether oxygens (including phenoxy) is 1. The zero-order chi connectivity index (χ0) is 18.0. The van der Waals surface area contributed by atoms with Crippen LogP contribution in [0, 0.1) is 6.92 Å². The van der Waals surface area contributed by atoms with Gasteiger partial charge in [0.25, 0.3) is 11.5 Å². The van der Waals surface area contributed by atoms with Gasteiger partial charge in [-0.3, -0.25) is 9.59 Å². The molecule has 2 aromatic rings. The van der Waals surface area contributed by atoms with Crippen LogP contribution in [0.2, 0.25) is 0 Å². The zero-order valence-corrected chi connectivity index (χ0v) is 14.6. The molecule has 1 atom stereocenters. The van der Waals surface area contributed by atoms with Crippen LogP contribution in [0.15, 0.2) is 33.9 Å². The normalized spacial score (nSPS) is 17.6. The van der Waals surface area contributed by atoms with Gasteiger partial charge in [0.2, 0.25) is 0 Å². The van der Waals surface area contributed by atoms with Crippen molar-refractivity contribution in [2.24, 2.45) is 7.05 Å². The van der Waals surface area contributed by atoms with Crippen LogP contribution >= 0.6 is 0 Å². The van der Waals surface area contributed by atoms with E-state index in [4.69, 9.17) is 9.15 Å². The van der Waals surface area contributed by atoms with Crippen LogP contribution in [0.1, 0.15) is 16.1 Å². The second-order valence-corrected chi connectivity index (χ2v) is 6.18. The van der Waals surface area contributed by atoms with Crippen molar-refractivity contribution in [2.45, 2.75) is 13.0 Å². The van der Waals surface area contributed by atoms with Crippen LogP contribution in [0.25, 0.3) is 0 Å². The first-order valence-corrected chi connectivity index (χ1v) is 8.15. The van der Waals surface area contributed by atoms with Crippen LogP contribution in [-0.4, -0.2) is 59.8 Å². The molecule has 3 rings (SSSR count). The van der Waals surface area contributed by atoms with E-state index < -0.39 is 0 Å². The highest BCUT2D eigenvalue weighted by molar-refractivity contribution is 5.95. The molecular weight excluding hydrogens is 324 g/mol. The van der Waals surface area contributed by atoms with E-state index in [2.05, 4.69) is 4.98 Å². The summed E-state index contributed by atoms with van der Waals surface area (Å²) < 4.78 is 12.5. The minimum atomic E-state index is -0.193. The lowest BCUT2D eigenvalue weighted by Crippen LogP contribution is -2.49. The van der Waals surface area contributed by atoms with Crippen molar-refractivity contribution in [3.63, 3.8) is 0 Å². The summed E-state index contributed by atoms with van der Waals surface area (Å²) in [6, 6.07) is 1.69. The Kier molecular flexibility index (Phi) is 4.89. The van der Waals surface area contributed by atoms with Gasteiger partial charge in [0, 0.05) is 46.1 Å². The van der Waals surface area contributed by atoms with Gasteiger partial charge in [-0.05, 0) is 13.0 Å². The summed E-state index contributed by atoms with van der Waals surface area (Å²) in [6.07, 6.45) is 4.53. The summed E-state index contributed by atoms with van der Waals surface area (Å²) in [5.41, 5.74) is 0.412. The van der Waals surface area contributed by atoms with E-state index in [1.54, 1.807) is 49.3 Å². The van der Waals surface area contributed by atoms with Crippen molar-refractivity contribution in [1.29, 1.82) is 0 Å². The van der Waals surface area contributed by atoms with Crippen LogP contribution in [0.3, 0.4) is 0 Å². The van der Waals surface area contributed by atoms with Crippen molar-refractivity contribution in [3.05, 3.63) is 46.4 Å². The molecule has 0 N–H and O–H groups in total. The number of furan rings is 1. The fourth-order valence-electron chi connectivity index (χ4n) is 2.93. The van der Waals surface area contributed by atoms with Crippen LogP contribution in [-0.2, 0) is 11.8 Å². The highest BCUT2D eigenvalue weighted by Gasteiger charge is 2.28. The summed E-state index contributed by atoms with van der Waals surface area (Å²) in [4.78, 5) is 32.5. The number of aryl methyl sites for hydroxylation is 2. The standard InChI is InChI=1S/C17H22N4O4/c1-12-14(4-8-24-12)16(22)21-7-9-25-13(11-21)10-20(3)15-17(23)19(2)6-5-18-15/h4-6,8,13H,7,9-11H2,1-3H3. The molecule has 1 fully saturated rings. The molecule has 0 radical (unpaired) electrons. The van der Waals surface area contributed by atoms with E-state index in [0.717, 1.165) is 0 Å². The van der Waals surface area contributed by atoms with Gasteiger partial charge in [0.1, 0.15) is 5.76 Å². The lowest BCUT2D eigenvalue weighted by Gasteiger charge is -2.34. The van der Waals surface area contributed by atoms with E-state index in [1.807, 2.05) is 0 Å². The number of morpholine rings is 1. The smallest absolute Gasteiger partial charge is 0.293 e. The van der Waals surface area contributed by atoms with Crippen molar-refractivity contribution >= 4 is 11.7 Å². The third-order valence-electron chi connectivity index (χ3n) is 4.35. The number of likely N-dealkylation sites (N-methyl/N-ethyl adjacent to an activating group) is 1. The Morgan fingerprint density at radius 1 is 1.48 bits per heavy atom. The molecule has 8 heteroatoms. The number of aromatic nitrogens is 2. The maximum Gasteiger partial charge on any atom is 0.293 e. The second-order valence-electron chi connectivity index (χ2n) is 6.18. The maximum atomic E-state index is 12.6. The first-order chi connectivity index (χ1) is 12.0. The van der Waals surface area contributed by atoms with Crippen LogP contribution < -0.4 is 10.5 Å². The molecule has 0 aromatic carbocycles.